The van der Waals surface area contributed by atoms with Crippen molar-refractivity contribution < 1.29 is 14.6 Å². The fourth-order valence-corrected chi connectivity index (χ4v) is 1.20. The van der Waals surface area contributed by atoms with Crippen molar-refractivity contribution in [3.8, 4) is 0 Å². The molecule has 0 saturated carbocycles. The molecule has 0 radical (unpaired) electrons. The van der Waals surface area contributed by atoms with Gasteiger partial charge < -0.3 is 9.84 Å². The van der Waals surface area contributed by atoms with E-state index in [1.807, 2.05) is 12.2 Å². The van der Waals surface area contributed by atoms with Gasteiger partial charge in [-0.25, -0.2) is 0 Å². The lowest BCUT2D eigenvalue weighted by Crippen LogP contribution is -2.07. The topological polar surface area (TPSA) is 49.4 Å². The summed E-state index contributed by atoms with van der Waals surface area (Å²) in [6.07, 6.45) is 8.47. The number of ether oxygens (including phenoxy) is 1. The van der Waals surface area contributed by atoms with E-state index < -0.39 is 0 Å². The van der Waals surface area contributed by atoms with Crippen LogP contribution in [0.3, 0.4) is 0 Å². The van der Waals surface area contributed by atoms with E-state index in [4.69, 9.17) is 0 Å². The Morgan fingerprint density at radius 2 is 2.00 bits per heavy atom. The van der Waals surface area contributed by atoms with Gasteiger partial charge in [0.05, 0.1) is 7.11 Å². The largest absolute Gasteiger partial charge is 0.875 e. The van der Waals surface area contributed by atoms with Gasteiger partial charge in [0.1, 0.15) is 0 Å². The van der Waals surface area contributed by atoms with Crippen LogP contribution >= 0.6 is 0 Å². The Morgan fingerprint density at radius 3 is 2.57 bits per heavy atom. The molecule has 0 saturated heterocycles. The number of esters is 1. The molecule has 0 aliphatic heterocycles. The van der Waals surface area contributed by atoms with Gasteiger partial charge >= 0.3 is 5.97 Å². The highest BCUT2D eigenvalue weighted by Crippen LogP contribution is 2.14. The molecule has 76 valence electrons. The van der Waals surface area contributed by atoms with Crippen molar-refractivity contribution in [1.82, 2.24) is 0 Å². The highest BCUT2D eigenvalue weighted by Gasteiger charge is 2.00. The molecule has 0 unspecified atom stereocenters. The summed E-state index contributed by atoms with van der Waals surface area (Å²) in [6.45, 7) is 0. The monoisotopic (exact) mass is 193 g/mol. The normalized spacial score (nSPS) is 13.4. The van der Waals surface area contributed by atoms with Crippen LogP contribution in [0.1, 0.15) is 19.3 Å². The lowest BCUT2D eigenvalue weighted by atomic mass is 10.1. The molecule has 0 amide bonds. The number of hydrogen-bond acceptors (Lipinski definition) is 3. The van der Waals surface area contributed by atoms with Crippen molar-refractivity contribution in [2.75, 3.05) is 7.11 Å². The van der Waals surface area contributed by atoms with E-state index in [0.717, 1.165) is 5.57 Å². The predicted octanol–water partition coefficient (Wildman–Crippen LogP) is 1.07. The molecule has 0 fully saturated rings. The lowest BCUT2D eigenvalue weighted by Gasteiger charge is -2.13. The van der Waals surface area contributed by atoms with Crippen LogP contribution in [0.5, 0.6) is 0 Å². The van der Waals surface area contributed by atoms with E-state index in [1.54, 1.807) is 12.2 Å². The molecule has 3 heteroatoms. The van der Waals surface area contributed by atoms with Gasteiger partial charge in [-0.2, -0.15) is 0 Å². The third-order valence-electron chi connectivity index (χ3n) is 2.00. The Hall–Kier alpha value is -1.51. The Labute approximate surface area is 83.4 Å². The summed E-state index contributed by atoms with van der Waals surface area (Å²) in [4.78, 5) is 10.7. The quantitative estimate of drug-likeness (QED) is 0.495. The summed E-state index contributed by atoms with van der Waals surface area (Å²) in [5.74, 6) is -0.181. The summed E-state index contributed by atoms with van der Waals surface area (Å²) in [5.41, 5.74) is 0.717. The molecule has 1 aliphatic rings. The van der Waals surface area contributed by atoms with Crippen molar-refractivity contribution in [3.63, 3.8) is 0 Å². The van der Waals surface area contributed by atoms with Crippen LogP contribution in [-0.2, 0) is 9.53 Å². The third kappa shape index (κ3) is 3.09. The Bertz CT molecular complexity index is 284. The molecule has 0 heterocycles. The molecule has 1 aliphatic carbocycles. The van der Waals surface area contributed by atoms with E-state index in [1.165, 1.54) is 7.11 Å². The fourth-order valence-electron chi connectivity index (χ4n) is 1.20. The maximum atomic E-state index is 11.4. The molecule has 1 rings (SSSR count). The zero-order valence-electron chi connectivity index (χ0n) is 8.16. The predicted molar refractivity (Wildman–Crippen MR) is 51.2 cm³/mol. The van der Waals surface area contributed by atoms with Gasteiger partial charge in [0.25, 0.3) is 0 Å². The summed E-state index contributed by atoms with van der Waals surface area (Å²) in [5, 5.41) is 11.4. The Kier molecular flexibility index (Phi) is 3.98. The van der Waals surface area contributed by atoms with Gasteiger partial charge in [0, 0.05) is 6.42 Å². The second-order valence-electron chi connectivity index (χ2n) is 3.03. The molecule has 0 spiro atoms. The fraction of sp³-hybridized carbons (Fsp3) is 0.364. The SMILES string of the molecule is COC(=O)CCCC([O-])=C1C=CC=C1. The molecule has 0 aromatic heterocycles. The molecule has 0 bridgehead atoms. The lowest BCUT2D eigenvalue weighted by molar-refractivity contribution is -0.307. The average molecular weight is 193 g/mol. The first-order chi connectivity index (χ1) is 6.74. The second-order valence-corrected chi connectivity index (χ2v) is 3.03. The Morgan fingerprint density at radius 1 is 1.36 bits per heavy atom. The van der Waals surface area contributed by atoms with Crippen LogP contribution in [0.4, 0.5) is 0 Å². The highest BCUT2D eigenvalue weighted by molar-refractivity contribution is 5.69. The second kappa shape index (κ2) is 5.27. The summed E-state index contributed by atoms with van der Waals surface area (Å²) in [7, 11) is 1.35. The maximum Gasteiger partial charge on any atom is 0.305 e. The maximum absolute atomic E-state index is 11.4. The zero-order valence-corrected chi connectivity index (χ0v) is 8.16. The van der Waals surface area contributed by atoms with E-state index in [-0.39, 0.29) is 11.7 Å². The minimum absolute atomic E-state index is 0.0823. The smallest absolute Gasteiger partial charge is 0.305 e. The standard InChI is InChI=1S/C11H14O3/c1-14-11(13)8-4-7-10(12)9-5-2-3-6-9/h2-3,5-6,12H,4,7-8H2,1H3/p-1. The molecular weight excluding hydrogens is 180 g/mol. The molecule has 0 aromatic rings. The molecule has 0 atom stereocenters. The third-order valence-corrected chi connectivity index (χ3v) is 2.00. The van der Waals surface area contributed by atoms with Crippen LogP contribution in [0.2, 0.25) is 0 Å². The van der Waals surface area contributed by atoms with E-state index >= 15 is 0 Å². The number of hydrogen-bond donors (Lipinski definition) is 0. The van der Waals surface area contributed by atoms with Crippen molar-refractivity contribution in [2.24, 2.45) is 0 Å². The number of allylic oxidation sites excluding steroid dienone is 6. The Balaban J connectivity index is 2.31. The van der Waals surface area contributed by atoms with Crippen molar-refractivity contribution in [2.45, 2.75) is 19.3 Å². The van der Waals surface area contributed by atoms with E-state index in [2.05, 4.69) is 4.74 Å². The minimum atomic E-state index is -0.264. The van der Waals surface area contributed by atoms with Crippen molar-refractivity contribution in [3.05, 3.63) is 35.6 Å². The first-order valence-electron chi connectivity index (χ1n) is 4.56. The summed E-state index contributed by atoms with van der Waals surface area (Å²) in [6, 6.07) is 0. The van der Waals surface area contributed by atoms with Crippen molar-refractivity contribution >= 4 is 5.97 Å². The summed E-state index contributed by atoms with van der Waals surface area (Å²) < 4.78 is 4.47. The van der Waals surface area contributed by atoms with Gasteiger partial charge in [0.15, 0.2) is 0 Å². The van der Waals surface area contributed by atoms with Gasteiger partial charge in [0.2, 0.25) is 0 Å². The number of methoxy groups -OCH3 is 1. The first-order valence-corrected chi connectivity index (χ1v) is 4.56. The van der Waals surface area contributed by atoms with Crippen molar-refractivity contribution in [1.29, 1.82) is 0 Å². The van der Waals surface area contributed by atoms with Gasteiger partial charge in [-0.15, -0.1) is 5.76 Å². The molecule has 0 N–H and O–H groups in total. The zero-order chi connectivity index (χ0) is 10.4. The number of carbonyl (C=O) groups is 1. The van der Waals surface area contributed by atoms with Crippen LogP contribution in [0.15, 0.2) is 35.6 Å². The van der Waals surface area contributed by atoms with Crippen LogP contribution in [0.25, 0.3) is 0 Å². The van der Waals surface area contributed by atoms with E-state index in [0.29, 0.717) is 19.3 Å². The molecule has 3 nitrogen and oxygen atoms in total. The average Bonchev–Trinajstić information content (AvgIpc) is 2.70. The molecule has 0 aromatic carbocycles. The number of carbonyl (C=O) groups excluding carboxylic acids is 1. The summed E-state index contributed by atoms with van der Waals surface area (Å²) >= 11 is 0. The van der Waals surface area contributed by atoms with Gasteiger partial charge in [-0.1, -0.05) is 24.3 Å². The molecular formula is C11H13O3-. The highest BCUT2D eigenvalue weighted by atomic mass is 16.5. The van der Waals surface area contributed by atoms with E-state index in [9.17, 15) is 9.90 Å². The van der Waals surface area contributed by atoms with Crippen LogP contribution < -0.4 is 5.11 Å². The number of rotatable bonds is 4. The first kappa shape index (κ1) is 10.6. The van der Waals surface area contributed by atoms with Crippen LogP contribution in [0, 0.1) is 0 Å². The minimum Gasteiger partial charge on any atom is -0.875 e. The van der Waals surface area contributed by atoms with Gasteiger partial charge in [-0.05, 0) is 18.4 Å². The van der Waals surface area contributed by atoms with Gasteiger partial charge in [-0.3, -0.25) is 4.79 Å². The van der Waals surface area contributed by atoms with Crippen LogP contribution in [-0.4, -0.2) is 13.1 Å². The molecule has 14 heavy (non-hydrogen) atoms.